The van der Waals surface area contributed by atoms with E-state index in [-0.39, 0.29) is 0 Å². The van der Waals surface area contributed by atoms with Gasteiger partial charge in [-0.2, -0.15) is 4.39 Å². The summed E-state index contributed by atoms with van der Waals surface area (Å²) in [5.74, 6) is -0.790. The van der Waals surface area contributed by atoms with Gasteiger partial charge in [0.1, 0.15) is 18.2 Å². The second kappa shape index (κ2) is 4.58. The lowest BCUT2D eigenvalue weighted by Crippen LogP contribution is -2.67. The van der Waals surface area contributed by atoms with Crippen molar-refractivity contribution in [3.05, 3.63) is 0 Å². The maximum absolute atomic E-state index is 13.5. The summed E-state index contributed by atoms with van der Waals surface area (Å²) in [6.45, 7) is 0.133. The molecule has 6 nitrogen and oxygen atoms in total. The molecule has 0 bridgehead atoms. The maximum atomic E-state index is 13.5. The van der Waals surface area contributed by atoms with Crippen LogP contribution in [0.3, 0.4) is 0 Å². The highest BCUT2D eigenvalue weighted by Crippen LogP contribution is 2.30. The molecule has 1 amide bonds. The van der Waals surface area contributed by atoms with Crippen molar-refractivity contribution in [3.8, 4) is 0 Å². The van der Waals surface area contributed by atoms with Crippen LogP contribution < -0.4 is 5.32 Å². The summed E-state index contributed by atoms with van der Waals surface area (Å²) < 4.78 is 31.1. The Morgan fingerprint density at radius 1 is 1.62 bits per heavy atom. The van der Waals surface area contributed by atoms with E-state index in [2.05, 4.69) is 4.74 Å². The number of nitrogens with one attached hydrogen (secondary N) is 1. The summed E-state index contributed by atoms with van der Waals surface area (Å²) in [4.78, 5) is 10.7. The van der Waals surface area contributed by atoms with E-state index in [1.54, 1.807) is 5.32 Å². The van der Waals surface area contributed by atoms with Gasteiger partial charge in [-0.3, -0.25) is 4.79 Å². The van der Waals surface area contributed by atoms with Gasteiger partial charge in [0.05, 0.1) is 6.61 Å². The predicted molar refractivity (Wildman–Crippen MR) is 46.5 cm³/mol. The van der Waals surface area contributed by atoms with Crippen molar-refractivity contribution in [3.63, 3.8) is 0 Å². The molecule has 16 heavy (non-hydrogen) atoms. The topological polar surface area (TPSA) is 99.0 Å². The van der Waals surface area contributed by atoms with Crippen LogP contribution >= 0.6 is 0 Å². The Bertz CT molecular complexity index is 275. The van der Waals surface area contributed by atoms with E-state index in [4.69, 9.17) is 10.2 Å². The molecule has 0 radical (unpaired) electrons. The molecular weight excluding hydrogens is 228 g/mol. The second-order valence-corrected chi connectivity index (χ2v) is 3.56. The molecule has 1 fully saturated rings. The van der Waals surface area contributed by atoms with Crippen molar-refractivity contribution < 1.29 is 33.6 Å². The van der Waals surface area contributed by atoms with Gasteiger partial charge in [-0.1, -0.05) is 0 Å². The van der Waals surface area contributed by atoms with E-state index in [9.17, 15) is 18.7 Å². The van der Waals surface area contributed by atoms with E-state index >= 15 is 0 Å². The minimum Gasteiger partial charge on any atom is -0.394 e. The third-order valence-electron chi connectivity index (χ3n) is 2.26. The summed E-state index contributed by atoms with van der Waals surface area (Å²) in [5.41, 5.74) is 0. The first-order valence-corrected chi connectivity index (χ1v) is 4.58. The van der Waals surface area contributed by atoms with E-state index in [1.807, 2.05) is 0 Å². The van der Waals surface area contributed by atoms with E-state index < -0.39 is 43.0 Å². The van der Waals surface area contributed by atoms with Crippen LogP contribution in [-0.4, -0.2) is 58.3 Å². The number of carbonyl (C=O) groups excluding carboxylic acids is 1. The Morgan fingerprint density at radius 2 is 2.19 bits per heavy atom. The number of aliphatic hydroxyl groups excluding tert-OH is 2. The number of halogens is 2. The zero-order valence-electron chi connectivity index (χ0n) is 8.43. The Kier molecular flexibility index (Phi) is 3.79. The van der Waals surface area contributed by atoms with Crippen LogP contribution in [0.25, 0.3) is 0 Å². The second-order valence-electron chi connectivity index (χ2n) is 3.56. The molecule has 1 rings (SSSR count). The number of alkyl halides is 2. The summed E-state index contributed by atoms with van der Waals surface area (Å²) in [6, 6.07) is -5.51. The first kappa shape index (κ1) is 13.2. The van der Waals surface area contributed by atoms with Crippen LogP contribution in [0, 0.1) is 0 Å². The third kappa shape index (κ3) is 2.46. The standard InChI is InChI=1S/C8H13F2NO5/c1-3(13)11-7-5(9)6(14)4(2-12)16-8(7,10)15/h4-7,12,14-15H,2H2,1H3,(H,11,13)/t4-,5-,6-,7-,8-/m1/s1. The molecule has 1 aliphatic rings. The fourth-order valence-corrected chi connectivity index (χ4v) is 1.49. The highest BCUT2D eigenvalue weighted by molar-refractivity contribution is 5.73. The molecule has 0 unspecified atom stereocenters. The summed E-state index contributed by atoms with van der Waals surface area (Å²) in [7, 11) is 0. The summed E-state index contributed by atoms with van der Waals surface area (Å²) in [5, 5.41) is 28.8. The Hall–Kier alpha value is -0.830. The van der Waals surface area contributed by atoms with Gasteiger partial charge in [-0.05, 0) is 0 Å². The SMILES string of the molecule is CC(=O)N[C@@H]1[C@H](F)[C@H](O)[C@@H](CO)O[C@@]1(O)F. The lowest BCUT2D eigenvalue weighted by molar-refractivity contribution is -0.370. The molecule has 0 aromatic rings. The molecule has 0 aromatic heterocycles. The van der Waals surface area contributed by atoms with Crippen molar-refractivity contribution in [2.45, 2.75) is 37.4 Å². The van der Waals surface area contributed by atoms with Crippen molar-refractivity contribution in [1.82, 2.24) is 5.32 Å². The zero-order valence-corrected chi connectivity index (χ0v) is 8.43. The number of aliphatic hydroxyl groups is 3. The Labute approximate surface area is 89.8 Å². The fraction of sp³-hybridized carbons (Fsp3) is 0.875. The lowest BCUT2D eigenvalue weighted by Gasteiger charge is -2.41. The van der Waals surface area contributed by atoms with Crippen LogP contribution in [0.1, 0.15) is 6.92 Å². The number of carbonyl (C=O) groups is 1. The number of hydrogen-bond donors (Lipinski definition) is 4. The molecule has 1 aliphatic heterocycles. The zero-order chi connectivity index (χ0) is 12.5. The normalized spacial score (nSPS) is 44.1. The Balaban J connectivity index is 2.87. The van der Waals surface area contributed by atoms with Gasteiger partial charge in [-0.15, -0.1) is 0 Å². The van der Waals surface area contributed by atoms with E-state index in [0.29, 0.717) is 0 Å². The highest BCUT2D eigenvalue weighted by atomic mass is 19.2. The number of rotatable bonds is 2. The quantitative estimate of drug-likeness (QED) is 0.457. The first-order chi connectivity index (χ1) is 7.29. The minimum atomic E-state index is -3.47. The molecule has 94 valence electrons. The summed E-state index contributed by atoms with van der Waals surface area (Å²) >= 11 is 0. The maximum Gasteiger partial charge on any atom is 0.342 e. The van der Waals surface area contributed by atoms with E-state index in [1.165, 1.54) is 0 Å². The van der Waals surface area contributed by atoms with Crippen molar-refractivity contribution in [1.29, 1.82) is 0 Å². The number of hydrogen-bond acceptors (Lipinski definition) is 5. The van der Waals surface area contributed by atoms with Crippen LogP contribution in [0.15, 0.2) is 0 Å². The molecule has 0 saturated carbocycles. The molecule has 1 heterocycles. The smallest absolute Gasteiger partial charge is 0.342 e. The molecule has 0 spiro atoms. The minimum absolute atomic E-state index is 0.790. The van der Waals surface area contributed by atoms with Crippen LogP contribution in [0.4, 0.5) is 8.78 Å². The van der Waals surface area contributed by atoms with Crippen LogP contribution in [-0.2, 0) is 9.53 Å². The molecule has 5 atom stereocenters. The van der Waals surface area contributed by atoms with Gasteiger partial charge >= 0.3 is 6.04 Å². The monoisotopic (exact) mass is 241 g/mol. The van der Waals surface area contributed by atoms with E-state index in [0.717, 1.165) is 6.92 Å². The number of ether oxygens (including phenoxy) is 1. The van der Waals surface area contributed by atoms with Gasteiger partial charge in [0, 0.05) is 6.92 Å². The lowest BCUT2D eigenvalue weighted by atomic mass is 9.97. The average molecular weight is 241 g/mol. The Morgan fingerprint density at radius 3 is 2.62 bits per heavy atom. The van der Waals surface area contributed by atoms with Crippen molar-refractivity contribution in [2.24, 2.45) is 0 Å². The molecular formula is C8H13F2NO5. The molecule has 0 aromatic carbocycles. The average Bonchev–Trinajstić information content (AvgIpc) is 2.18. The third-order valence-corrected chi connectivity index (χ3v) is 2.26. The van der Waals surface area contributed by atoms with Gasteiger partial charge in [0.2, 0.25) is 5.91 Å². The highest BCUT2D eigenvalue weighted by Gasteiger charge is 2.55. The predicted octanol–water partition coefficient (Wildman–Crippen LogP) is -1.80. The summed E-state index contributed by atoms with van der Waals surface area (Å²) in [6.07, 6.45) is -5.71. The van der Waals surface area contributed by atoms with Gasteiger partial charge in [0.25, 0.3) is 0 Å². The fourth-order valence-electron chi connectivity index (χ4n) is 1.49. The van der Waals surface area contributed by atoms with Gasteiger partial charge < -0.3 is 25.4 Å². The largest absolute Gasteiger partial charge is 0.394 e. The van der Waals surface area contributed by atoms with Crippen LogP contribution in [0.5, 0.6) is 0 Å². The first-order valence-electron chi connectivity index (χ1n) is 4.58. The van der Waals surface area contributed by atoms with Gasteiger partial charge in [-0.25, -0.2) is 4.39 Å². The van der Waals surface area contributed by atoms with Crippen molar-refractivity contribution >= 4 is 5.91 Å². The molecule has 4 N–H and O–H groups in total. The molecule has 8 heteroatoms. The van der Waals surface area contributed by atoms with Gasteiger partial charge in [0.15, 0.2) is 6.17 Å². The van der Waals surface area contributed by atoms with Crippen LogP contribution in [0.2, 0.25) is 0 Å². The molecule has 1 saturated heterocycles. The molecule has 0 aliphatic carbocycles. The number of amides is 1. The van der Waals surface area contributed by atoms with Crippen molar-refractivity contribution in [2.75, 3.05) is 6.61 Å².